The highest BCUT2D eigenvalue weighted by atomic mass is 32.2. The fourth-order valence-electron chi connectivity index (χ4n) is 2.87. The van der Waals surface area contributed by atoms with Crippen molar-refractivity contribution in [3.63, 3.8) is 0 Å². The fraction of sp³-hybridized carbons (Fsp3) is 0.100. The van der Waals surface area contributed by atoms with Crippen LogP contribution in [0, 0.1) is 12.7 Å². The van der Waals surface area contributed by atoms with E-state index >= 15 is 0 Å². The predicted octanol–water partition coefficient (Wildman–Crippen LogP) is 5.30. The summed E-state index contributed by atoms with van der Waals surface area (Å²) in [4.78, 5) is -0.198. The van der Waals surface area contributed by atoms with Gasteiger partial charge in [0.1, 0.15) is 16.5 Å². The van der Waals surface area contributed by atoms with E-state index in [0.717, 1.165) is 12.1 Å². The first-order valence-corrected chi connectivity index (χ1v) is 10.4. The Morgan fingerprint density at radius 1 is 0.933 bits per heavy atom. The number of rotatable bonds is 4. The molecule has 0 atom stereocenters. The molecule has 0 fully saturated rings. The summed E-state index contributed by atoms with van der Waals surface area (Å²) in [6.07, 6.45) is -4.82. The van der Waals surface area contributed by atoms with Gasteiger partial charge in [-0.15, -0.1) is 25.8 Å². The van der Waals surface area contributed by atoms with E-state index in [1.165, 1.54) is 25.1 Å². The van der Waals surface area contributed by atoms with E-state index in [4.69, 9.17) is 5.14 Å². The molecular formula is C20H15F4NO3S2. The van der Waals surface area contributed by atoms with Gasteiger partial charge in [0.15, 0.2) is 0 Å². The molecule has 0 radical (unpaired) electrons. The Morgan fingerprint density at radius 3 is 2.10 bits per heavy atom. The third-order valence-corrected chi connectivity index (χ3v) is 5.61. The van der Waals surface area contributed by atoms with Gasteiger partial charge in [0.05, 0.1) is 0 Å². The van der Waals surface area contributed by atoms with Gasteiger partial charge in [-0.05, 0) is 59.0 Å². The molecular weight excluding hydrogens is 442 g/mol. The van der Waals surface area contributed by atoms with E-state index < -0.39 is 27.1 Å². The van der Waals surface area contributed by atoms with Gasteiger partial charge in [-0.2, -0.15) is 0 Å². The Labute approximate surface area is 175 Å². The lowest BCUT2D eigenvalue weighted by molar-refractivity contribution is -0.274. The molecule has 2 N–H and O–H groups in total. The highest BCUT2D eigenvalue weighted by molar-refractivity contribution is 7.89. The zero-order chi connectivity index (χ0) is 22.3. The van der Waals surface area contributed by atoms with Crippen molar-refractivity contribution >= 4 is 22.7 Å². The zero-order valence-electron chi connectivity index (χ0n) is 15.4. The number of sulfonamides is 1. The van der Waals surface area contributed by atoms with E-state index in [9.17, 15) is 26.0 Å². The SMILES string of the molecule is Cc1ccc(-c2ccc(-c3ccc(S(N)(=O)=O)c(F)c3)cc2S)cc1OC(F)(F)F. The van der Waals surface area contributed by atoms with Crippen molar-refractivity contribution in [3.8, 4) is 28.0 Å². The predicted molar refractivity (Wildman–Crippen MR) is 107 cm³/mol. The summed E-state index contributed by atoms with van der Waals surface area (Å²) in [6, 6.07) is 12.7. The van der Waals surface area contributed by atoms with Gasteiger partial charge in [0.2, 0.25) is 10.0 Å². The summed E-state index contributed by atoms with van der Waals surface area (Å²) >= 11 is 4.40. The summed E-state index contributed by atoms with van der Waals surface area (Å²) in [7, 11) is -4.19. The largest absolute Gasteiger partial charge is 0.573 e. The van der Waals surface area contributed by atoms with Crippen LogP contribution < -0.4 is 9.88 Å². The van der Waals surface area contributed by atoms with Crippen molar-refractivity contribution in [1.82, 2.24) is 0 Å². The first-order valence-electron chi connectivity index (χ1n) is 8.38. The fourth-order valence-corrected chi connectivity index (χ4v) is 3.80. The van der Waals surface area contributed by atoms with Crippen molar-refractivity contribution in [3.05, 3.63) is 66.0 Å². The van der Waals surface area contributed by atoms with E-state index in [-0.39, 0.29) is 5.75 Å². The van der Waals surface area contributed by atoms with Gasteiger partial charge in [-0.25, -0.2) is 17.9 Å². The standard InChI is InChI=1S/C20H15F4NO3S2/c1-11-2-3-14(9-17(11)28-20(22,23)24)15-6-4-13(10-18(15)29)12-5-7-19(16(21)8-12)30(25,26)27/h2-10,29H,1H3,(H2,25,26,27). The molecule has 10 heteroatoms. The number of halogens is 4. The topological polar surface area (TPSA) is 69.4 Å². The Hall–Kier alpha value is -2.56. The van der Waals surface area contributed by atoms with Crippen LogP contribution in [0.3, 0.4) is 0 Å². The molecule has 3 rings (SSSR count). The van der Waals surface area contributed by atoms with Crippen molar-refractivity contribution in [2.45, 2.75) is 23.1 Å². The highest BCUT2D eigenvalue weighted by Crippen LogP contribution is 2.35. The molecule has 30 heavy (non-hydrogen) atoms. The van der Waals surface area contributed by atoms with Crippen molar-refractivity contribution in [2.24, 2.45) is 5.14 Å². The molecule has 0 aromatic heterocycles. The van der Waals surface area contributed by atoms with Crippen LogP contribution in [-0.4, -0.2) is 14.8 Å². The number of alkyl halides is 3. The van der Waals surface area contributed by atoms with Crippen LogP contribution in [0.1, 0.15) is 5.56 Å². The highest BCUT2D eigenvalue weighted by Gasteiger charge is 2.31. The molecule has 0 saturated carbocycles. The third kappa shape index (κ3) is 4.94. The zero-order valence-corrected chi connectivity index (χ0v) is 17.1. The molecule has 0 bridgehead atoms. The summed E-state index contributed by atoms with van der Waals surface area (Å²) in [6.45, 7) is 1.50. The number of nitrogens with two attached hydrogens (primary N) is 1. The summed E-state index contributed by atoms with van der Waals surface area (Å²) < 4.78 is 78.6. The molecule has 0 aliphatic carbocycles. The van der Waals surface area contributed by atoms with Crippen LogP contribution >= 0.6 is 12.6 Å². The molecule has 0 saturated heterocycles. The lowest BCUT2D eigenvalue weighted by Crippen LogP contribution is -2.17. The molecule has 0 heterocycles. The lowest BCUT2D eigenvalue weighted by Gasteiger charge is -2.14. The minimum Gasteiger partial charge on any atom is -0.405 e. The Balaban J connectivity index is 1.99. The quantitative estimate of drug-likeness (QED) is 0.413. The van der Waals surface area contributed by atoms with Gasteiger partial charge in [0.25, 0.3) is 0 Å². The van der Waals surface area contributed by atoms with Crippen LogP contribution in [0.5, 0.6) is 5.75 Å². The van der Waals surface area contributed by atoms with Gasteiger partial charge in [-0.3, -0.25) is 0 Å². The third-order valence-electron chi connectivity index (χ3n) is 4.29. The first kappa shape index (κ1) is 22.1. The van der Waals surface area contributed by atoms with E-state index in [0.29, 0.717) is 32.7 Å². The van der Waals surface area contributed by atoms with E-state index in [1.807, 2.05) is 0 Å². The number of hydrogen-bond acceptors (Lipinski definition) is 4. The van der Waals surface area contributed by atoms with Gasteiger partial charge in [0, 0.05) is 4.90 Å². The second-order valence-electron chi connectivity index (χ2n) is 6.45. The second-order valence-corrected chi connectivity index (χ2v) is 8.46. The molecule has 3 aromatic rings. The summed E-state index contributed by atoms with van der Waals surface area (Å²) in [5.41, 5.74) is 2.22. The maximum absolute atomic E-state index is 14.1. The molecule has 0 unspecified atom stereocenters. The minimum atomic E-state index is -4.82. The second kappa shape index (κ2) is 7.93. The Bertz CT molecular complexity index is 1230. The maximum atomic E-state index is 14.1. The number of primary sulfonamides is 1. The van der Waals surface area contributed by atoms with Crippen LogP contribution in [0.2, 0.25) is 0 Å². The molecule has 0 amide bonds. The minimum absolute atomic E-state index is 0.318. The van der Waals surface area contributed by atoms with Crippen molar-refractivity contribution in [2.75, 3.05) is 0 Å². The maximum Gasteiger partial charge on any atom is 0.573 e. The van der Waals surface area contributed by atoms with Gasteiger partial charge >= 0.3 is 6.36 Å². The Morgan fingerprint density at radius 2 is 1.53 bits per heavy atom. The molecule has 3 aromatic carbocycles. The average molecular weight is 457 g/mol. The van der Waals surface area contributed by atoms with Crippen LogP contribution in [0.15, 0.2) is 64.4 Å². The molecule has 158 valence electrons. The Kier molecular flexibility index (Phi) is 5.85. The van der Waals surface area contributed by atoms with Crippen molar-refractivity contribution in [1.29, 1.82) is 0 Å². The number of hydrogen-bond donors (Lipinski definition) is 2. The average Bonchev–Trinajstić information content (AvgIpc) is 2.61. The van der Waals surface area contributed by atoms with E-state index in [1.54, 1.807) is 24.3 Å². The lowest BCUT2D eigenvalue weighted by atomic mass is 9.99. The van der Waals surface area contributed by atoms with E-state index in [2.05, 4.69) is 17.4 Å². The molecule has 0 aliphatic heterocycles. The molecule has 0 aliphatic rings. The molecule has 4 nitrogen and oxygen atoms in total. The number of thiol groups is 1. The van der Waals surface area contributed by atoms with Crippen LogP contribution in [0.4, 0.5) is 17.6 Å². The van der Waals surface area contributed by atoms with Crippen LogP contribution in [0.25, 0.3) is 22.3 Å². The monoisotopic (exact) mass is 457 g/mol. The summed E-state index contributed by atoms with van der Waals surface area (Å²) in [5.74, 6) is -1.32. The first-order chi connectivity index (χ1) is 13.8. The number of ether oxygens (including phenoxy) is 1. The number of aryl methyl sites for hydroxylation is 1. The van der Waals surface area contributed by atoms with Crippen LogP contribution in [-0.2, 0) is 10.0 Å². The summed E-state index contributed by atoms with van der Waals surface area (Å²) in [5, 5.41) is 4.96. The normalized spacial score (nSPS) is 12.1. The van der Waals surface area contributed by atoms with Crippen molar-refractivity contribution < 1.29 is 30.7 Å². The molecule has 0 spiro atoms. The smallest absolute Gasteiger partial charge is 0.405 e. The van der Waals surface area contributed by atoms with Gasteiger partial charge in [-0.1, -0.05) is 30.3 Å². The number of benzene rings is 3. The van der Waals surface area contributed by atoms with Gasteiger partial charge < -0.3 is 4.74 Å².